The summed E-state index contributed by atoms with van der Waals surface area (Å²) in [5, 5.41) is 2.98. The molecular weight excluding hydrogens is 278 g/mol. The van der Waals surface area contributed by atoms with Crippen LogP contribution in [0.3, 0.4) is 0 Å². The van der Waals surface area contributed by atoms with Crippen LogP contribution in [-0.4, -0.2) is 11.4 Å². The average molecular weight is 298 g/mol. The molecule has 0 aliphatic heterocycles. The number of rotatable bonds is 3. The van der Waals surface area contributed by atoms with Crippen LogP contribution >= 0.6 is 15.9 Å². The van der Waals surface area contributed by atoms with Crippen molar-refractivity contribution in [2.45, 2.75) is 45.6 Å². The fraction of sp³-hybridized carbons (Fsp3) is 0.500. The van der Waals surface area contributed by atoms with E-state index in [-0.39, 0.29) is 17.4 Å². The van der Waals surface area contributed by atoms with Crippen LogP contribution in [0.5, 0.6) is 0 Å². The monoisotopic (exact) mass is 297 g/mol. The third-order valence-corrected chi connectivity index (χ3v) is 2.97. The number of benzene rings is 1. The minimum absolute atomic E-state index is 0.105. The average Bonchev–Trinajstić information content (AvgIpc) is 2.15. The van der Waals surface area contributed by atoms with Crippen molar-refractivity contribution < 1.29 is 4.79 Å². The highest BCUT2D eigenvalue weighted by Gasteiger charge is 2.16. The predicted octanol–water partition coefficient (Wildman–Crippen LogP) is 3.86. The van der Waals surface area contributed by atoms with Crippen molar-refractivity contribution in [1.82, 2.24) is 5.32 Å². The summed E-state index contributed by atoms with van der Waals surface area (Å²) in [7, 11) is 0. The molecule has 0 saturated heterocycles. The Hall–Kier alpha value is -0.830. The Bertz CT molecular complexity index is 378. The number of hydrogen-bond acceptors (Lipinski definition) is 1. The minimum Gasteiger partial charge on any atom is -0.351 e. The molecule has 0 spiro atoms. The Labute approximate surface area is 112 Å². The SMILES string of the molecule is CC(CC(=O)NC(C)(C)C)c1ccc(Br)cc1. The normalized spacial score (nSPS) is 13.2. The van der Waals surface area contributed by atoms with Gasteiger partial charge in [0.1, 0.15) is 0 Å². The van der Waals surface area contributed by atoms with Crippen molar-refractivity contribution in [2.75, 3.05) is 0 Å². The molecule has 1 unspecified atom stereocenters. The zero-order chi connectivity index (χ0) is 13.1. The fourth-order valence-corrected chi connectivity index (χ4v) is 1.92. The van der Waals surface area contributed by atoms with Crippen LogP contribution in [-0.2, 0) is 4.79 Å². The van der Waals surface area contributed by atoms with Crippen LogP contribution in [0.1, 0.15) is 45.6 Å². The maximum absolute atomic E-state index is 11.8. The molecule has 0 radical (unpaired) electrons. The Morgan fingerprint density at radius 3 is 2.29 bits per heavy atom. The first-order valence-electron chi connectivity index (χ1n) is 5.84. The van der Waals surface area contributed by atoms with Gasteiger partial charge < -0.3 is 5.32 Å². The highest BCUT2D eigenvalue weighted by Crippen LogP contribution is 2.21. The molecule has 3 heteroatoms. The first kappa shape index (κ1) is 14.2. The summed E-state index contributed by atoms with van der Waals surface area (Å²) in [6.45, 7) is 8.06. The van der Waals surface area contributed by atoms with Crippen molar-refractivity contribution in [3.05, 3.63) is 34.3 Å². The van der Waals surface area contributed by atoms with E-state index in [1.807, 2.05) is 32.9 Å². The Morgan fingerprint density at radius 1 is 1.29 bits per heavy atom. The van der Waals surface area contributed by atoms with Crippen molar-refractivity contribution in [3.63, 3.8) is 0 Å². The molecule has 1 aromatic rings. The van der Waals surface area contributed by atoms with Gasteiger partial charge in [0.2, 0.25) is 5.91 Å². The van der Waals surface area contributed by atoms with Gasteiger partial charge in [-0.05, 0) is 44.4 Å². The largest absolute Gasteiger partial charge is 0.351 e. The van der Waals surface area contributed by atoms with Crippen molar-refractivity contribution >= 4 is 21.8 Å². The highest BCUT2D eigenvalue weighted by molar-refractivity contribution is 9.10. The van der Waals surface area contributed by atoms with Gasteiger partial charge in [0.05, 0.1) is 0 Å². The van der Waals surface area contributed by atoms with Gasteiger partial charge in [0.25, 0.3) is 0 Å². The van der Waals surface area contributed by atoms with E-state index in [2.05, 4.69) is 40.3 Å². The Morgan fingerprint density at radius 2 is 1.82 bits per heavy atom. The molecule has 0 aliphatic carbocycles. The minimum atomic E-state index is -0.156. The van der Waals surface area contributed by atoms with Crippen LogP contribution in [0, 0.1) is 0 Å². The molecule has 94 valence electrons. The summed E-state index contributed by atoms with van der Waals surface area (Å²) in [5.74, 6) is 0.346. The van der Waals surface area contributed by atoms with E-state index in [0.29, 0.717) is 6.42 Å². The molecule has 17 heavy (non-hydrogen) atoms. The lowest BCUT2D eigenvalue weighted by Gasteiger charge is -2.22. The molecule has 1 atom stereocenters. The molecule has 0 aromatic heterocycles. The molecule has 1 aromatic carbocycles. The van der Waals surface area contributed by atoms with E-state index in [0.717, 1.165) is 4.47 Å². The van der Waals surface area contributed by atoms with Gasteiger partial charge >= 0.3 is 0 Å². The van der Waals surface area contributed by atoms with Gasteiger partial charge in [-0.2, -0.15) is 0 Å². The molecule has 0 heterocycles. The van der Waals surface area contributed by atoms with E-state index >= 15 is 0 Å². The Kier molecular flexibility index (Phi) is 4.75. The third kappa shape index (κ3) is 5.35. The molecule has 0 fully saturated rings. The van der Waals surface area contributed by atoms with Crippen molar-refractivity contribution in [1.29, 1.82) is 0 Å². The standard InChI is InChI=1S/C14H20BrNO/c1-10(9-13(17)16-14(2,3)4)11-5-7-12(15)8-6-11/h5-8,10H,9H2,1-4H3,(H,16,17). The number of amides is 1. The lowest BCUT2D eigenvalue weighted by molar-refractivity contribution is -0.122. The van der Waals surface area contributed by atoms with E-state index < -0.39 is 0 Å². The number of hydrogen-bond donors (Lipinski definition) is 1. The van der Waals surface area contributed by atoms with E-state index in [1.54, 1.807) is 0 Å². The number of carbonyl (C=O) groups is 1. The van der Waals surface area contributed by atoms with E-state index in [9.17, 15) is 4.79 Å². The summed E-state index contributed by atoms with van der Waals surface area (Å²) >= 11 is 3.41. The molecular formula is C14H20BrNO. The lowest BCUT2D eigenvalue weighted by atomic mass is 9.97. The number of halogens is 1. The summed E-state index contributed by atoms with van der Waals surface area (Å²) < 4.78 is 1.06. The maximum Gasteiger partial charge on any atom is 0.220 e. The molecule has 1 amide bonds. The quantitative estimate of drug-likeness (QED) is 0.902. The van der Waals surface area contributed by atoms with Crippen molar-refractivity contribution in [3.8, 4) is 0 Å². The first-order chi connectivity index (χ1) is 7.78. The van der Waals surface area contributed by atoms with Crippen molar-refractivity contribution in [2.24, 2.45) is 0 Å². The second-order valence-corrected chi connectivity index (χ2v) is 6.37. The molecule has 1 rings (SSSR count). The van der Waals surface area contributed by atoms with Crippen LogP contribution in [0.25, 0.3) is 0 Å². The van der Waals surface area contributed by atoms with Crippen LogP contribution in [0.15, 0.2) is 28.7 Å². The third-order valence-electron chi connectivity index (χ3n) is 2.45. The van der Waals surface area contributed by atoms with Gasteiger partial charge in [0.15, 0.2) is 0 Å². The summed E-state index contributed by atoms with van der Waals surface area (Å²) in [5.41, 5.74) is 1.04. The maximum atomic E-state index is 11.8. The summed E-state index contributed by atoms with van der Waals surface area (Å²) in [6, 6.07) is 8.12. The number of carbonyl (C=O) groups excluding carboxylic acids is 1. The second-order valence-electron chi connectivity index (χ2n) is 5.45. The highest BCUT2D eigenvalue weighted by atomic mass is 79.9. The second kappa shape index (κ2) is 5.67. The predicted molar refractivity (Wildman–Crippen MR) is 75.1 cm³/mol. The fourth-order valence-electron chi connectivity index (χ4n) is 1.66. The molecule has 1 N–H and O–H groups in total. The topological polar surface area (TPSA) is 29.1 Å². The van der Waals surface area contributed by atoms with Gasteiger partial charge in [0, 0.05) is 16.4 Å². The van der Waals surface area contributed by atoms with E-state index in [1.165, 1.54) is 5.56 Å². The number of nitrogens with one attached hydrogen (secondary N) is 1. The zero-order valence-corrected chi connectivity index (χ0v) is 12.5. The molecule has 0 aliphatic rings. The molecule has 2 nitrogen and oxygen atoms in total. The van der Waals surface area contributed by atoms with Crippen LogP contribution < -0.4 is 5.32 Å². The van der Waals surface area contributed by atoms with Gasteiger partial charge in [-0.15, -0.1) is 0 Å². The smallest absolute Gasteiger partial charge is 0.220 e. The van der Waals surface area contributed by atoms with Gasteiger partial charge in [-0.25, -0.2) is 0 Å². The first-order valence-corrected chi connectivity index (χ1v) is 6.64. The molecule has 0 bridgehead atoms. The van der Waals surface area contributed by atoms with E-state index in [4.69, 9.17) is 0 Å². The molecule has 0 saturated carbocycles. The Balaban J connectivity index is 2.57. The summed E-state index contributed by atoms with van der Waals surface area (Å²) in [6.07, 6.45) is 0.527. The van der Waals surface area contributed by atoms with Crippen LogP contribution in [0.4, 0.5) is 0 Å². The summed E-state index contributed by atoms with van der Waals surface area (Å²) in [4.78, 5) is 11.8. The van der Waals surface area contributed by atoms with Gasteiger partial charge in [-0.3, -0.25) is 4.79 Å². The zero-order valence-electron chi connectivity index (χ0n) is 10.9. The van der Waals surface area contributed by atoms with Crippen LogP contribution in [0.2, 0.25) is 0 Å². The lowest BCUT2D eigenvalue weighted by Crippen LogP contribution is -2.40. The van der Waals surface area contributed by atoms with Gasteiger partial charge in [-0.1, -0.05) is 35.0 Å².